The second-order valence-corrected chi connectivity index (χ2v) is 10.7. The summed E-state index contributed by atoms with van der Waals surface area (Å²) < 4.78 is 0. The number of nitrogens with one attached hydrogen (secondary N) is 4. The van der Waals surface area contributed by atoms with Gasteiger partial charge >= 0.3 is 11.9 Å². The van der Waals surface area contributed by atoms with Gasteiger partial charge in [0.25, 0.3) is 0 Å². The Labute approximate surface area is 249 Å². The Morgan fingerprint density at radius 2 is 1.51 bits per heavy atom. The fraction of sp³-hybridized carbons (Fsp3) is 0.500. The van der Waals surface area contributed by atoms with Crippen LogP contribution in [0.25, 0.3) is 10.9 Å². The van der Waals surface area contributed by atoms with E-state index in [1.807, 2.05) is 24.3 Å². The number of rotatable bonds is 18. The number of aromatic amines is 1. The van der Waals surface area contributed by atoms with Crippen molar-refractivity contribution in [1.29, 1.82) is 0 Å². The number of carbonyl (C=O) groups excluding carboxylic acids is 3. The number of carboxylic acids is 2. The average Bonchev–Trinajstić information content (AvgIpc) is 3.33. The molecule has 2 rings (SSSR count). The maximum atomic E-state index is 13.3. The van der Waals surface area contributed by atoms with E-state index in [0.29, 0.717) is 0 Å². The minimum absolute atomic E-state index is 0.0298. The second-order valence-electron chi connectivity index (χ2n) is 10.7. The second kappa shape index (κ2) is 16.7. The Morgan fingerprint density at radius 1 is 0.907 bits per heavy atom. The van der Waals surface area contributed by atoms with Crippen molar-refractivity contribution in [3.05, 3.63) is 36.0 Å². The predicted molar refractivity (Wildman–Crippen MR) is 160 cm³/mol. The van der Waals surface area contributed by atoms with Gasteiger partial charge in [-0.15, -0.1) is 0 Å². The molecule has 0 saturated carbocycles. The number of aliphatic carboxylic acids is 2. The van der Waals surface area contributed by atoms with Gasteiger partial charge in [0.1, 0.15) is 18.1 Å². The van der Waals surface area contributed by atoms with Crippen molar-refractivity contribution in [3.8, 4) is 0 Å². The molecule has 3 amide bonds. The van der Waals surface area contributed by atoms with Gasteiger partial charge in [-0.2, -0.15) is 0 Å². The Bertz CT molecular complexity index is 1310. The van der Waals surface area contributed by atoms with E-state index in [1.54, 1.807) is 20.0 Å². The topological polar surface area (TPSA) is 268 Å². The van der Waals surface area contributed by atoms with E-state index in [1.165, 1.54) is 0 Å². The molecule has 0 radical (unpaired) electrons. The molecule has 0 aliphatic heterocycles. The third kappa shape index (κ3) is 11.6. The highest BCUT2D eigenvalue weighted by molar-refractivity contribution is 5.94. The lowest BCUT2D eigenvalue weighted by atomic mass is 10.0. The molecule has 0 aliphatic carbocycles. The quantitative estimate of drug-likeness (QED) is 0.0602. The molecule has 0 aliphatic rings. The standard InChI is InChI=1S/C28H42N8O7/c1-15(2)12-22(27(42)43)36-25(40)20(8-5-11-32-28(30)31)35-26(41)21(9-10-23(37)38)34-24(39)18(29)13-16-14-33-19-7-4-3-6-17(16)19/h3-4,6-7,14-15,18,20-22,33H,5,8-13,29H2,1-2H3,(H,34,39)(H,35,41)(H,36,40)(H,37,38)(H,42,43)(H4,30,31,32). The van der Waals surface area contributed by atoms with Gasteiger partial charge in [0.05, 0.1) is 6.04 Å². The number of carboxylic acid groups (broad SMARTS) is 2. The van der Waals surface area contributed by atoms with Crippen molar-refractivity contribution in [3.63, 3.8) is 0 Å². The molecule has 1 aromatic carbocycles. The Balaban J connectivity index is 2.19. The first-order valence-corrected chi connectivity index (χ1v) is 14.0. The highest BCUT2D eigenvalue weighted by Gasteiger charge is 2.31. The summed E-state index contributed by atoms with van der Waals surface area (Å²) in [6, 6.07) is 2.65. The zero-order valence-corrected chi connectivity index (χ0v) is 24.3. The molecular formula is C28H42N8O7. The number of fused-ring (bicyclic) bond motifs is 1. The Morgan fingerprint density at radius 3 is 2.12 bits per heavy atom. The van der Waals surface area contributed by atoms with E-state index in [-0.39, 0.29) is 50.5 Å². The average molecular weight is 603 g/mol. The third-order valence-electron chi connectivity index (χ3n) is 6.63. The number of carbonyl (C=O) groups is 5. The van der Waals surface area contributed by atoms with Crippen molar-refractivity contribution < 1.29 is 34.2 Å². The van der Waals surface area contributed by atoms with Crippen LogP contribution < -0.4 is 33.2 Å². The molecule has 0 spiro atoms. The first-order valence-electron chi connectivity index (χ1n) is 14.0. The van der Waals surface area contributed by atoms with E-state index < -0.39 is 60.2 Å². The molecular weight excluding hydrogens is 560 g/mol. The van der Waals surface area contributed by atoms with Gasteiger partial charge in [-0.1, -0.05) is 32.0 Å². The van der Waals surface area contributed by atoms with Gasteiger partial charge in [0.15, 0.2) is 5.96 Å². The molecule has 236 valence electrons. The van der Waals surface area contributed by atoms with Crippen LogP contribution in [-0.2, 0) is 30.4 Å². The largest absolute Gasteiger partial charge is 0.481 e. The monoisotopic (exact) mass is 602 g/mol. The number of aliphatic imine (C=N–C) groups is 1. The van der Waals surface area contributed by atoms with E-state index in [9.17, 15) is 34.2 Å². The van der Waals surface area contributed by atoms with E-state index in [2.05, 4.69) is 25.9 Å². The number of hydrogen-bond donors (Lipinski definition) is 9. The molecule has 2 aromatic rings. The number of nitrogens with two attached hydrogens (primary N) is 3. The predicted octanol–water partition coefficient (Wildman–Crippen LogP) is -0.459. The zero-order valence-electron chi connectivity index (χ0n) is 24.3. The number of guanidine groups is 1. The summed E-state index contributed by atoms with van der Waals surface area (Å²) in [6.45, 7) is 3.74. The molecule has 1 heterocycles. The minimum Gasteiger partial charge on any atom is -0.481 e. The first kappa shape index (κ1) is 34.5. The molecule has 4 unspecified atom stereocenters. The Hall–Kier alpha value is -4.66. The van der Waals surface area contributed by atoms with Gasteiger partial charge in [-0.3, -0.25) is 24.2 Å². The lowest BCUT2D eigenvalue weighted by Gasteiger charge is -2.25. The number of aromatic nitrogens is 1. The zero-order chi connectivity index (χ0) is 32.1. The van der Waals surface area contributed by atoms with E-state index >= 15 is 0 Å². The van der Waals surface area contributed by atoms with Crippen LogP contribution in [0.2, 0.25) is 0 Å². The van der Waals surface area contributed by atoms with E-state index in [0.717, 1.165) is 16.5 Å². The number of H-pyrrole nitrogens is 1. The van der Waals surface area contributed by atoms with Gasteiger partial charge in [-0.05, 0) is 49.7 Å². The number of hydrogen-bond acceptors (Lipinski definition) is 7. The maximum absolute atomic E-state index is 13.3. The van der Waals surface area contributed by atoms with Crippen molar-refractivity contribution in [2.45, 2.75) is 76.5 Å². The van der Waals surface area contributed by atoms with Crippen LogP contribution in [0.5, 0.6) is 0 Å². The number of benzene rings is 1. The minimum atomic E-state index is -1.34. The molecule has 15 heteroatoms. The van der Waals surface area contributed by atoms with Crippen LogP contribution in [0.4, 0.5) is 0 Å². The van der Waals surface area contributed by atoms with Crippen molar-refractivity contribution >= 4 is 46.5 Å². The summed E-state index contributed by atoms with van der Waals surface area (Å²) in [5.41, 5.74) is 18.5. The molecule has 1 aromatic heterocycles. The van der Waals surface area contributed by atoms with Crippen molar-refractivity contribution in [2.75, 3.05) is 6.54 Å². The van der Waals surface area contributed by atoms with Crippen LogP contribution in [0, 0.1) is 5.92 Å². The fourth-order valence-corrected chi connectivity index (χ4v) is 4.46. The molecule has 43 heavy (non-hydrogen) atoms. The molecule has 0 fully saturated rings. The summed E-state index contributed by atoms with van der Waals surface area (Å²) in [5, 5.41) is 27.2. The molecule has 4 atom stereocenters. The molecule has 0 bridgehead atoms. The van der Waals surface area contributed by atoms with E-state index in [4.69, 9.17) is 17.2 Å². The lowest BCUT2D eigenvalue weighted by Crippen LogP contribution is -2.57. The van der Waals surface area contributed by atoms with Crippen LogP contribution in [0.3, 0.4) is 0 Å². The summed E-state index contributed by atoms with van der Waals surface area (Å²) in [4.78, 5) is 69.4. The molecule has 0 saturated heterocycles. The van der Waals surface area contributed by atoms with Gasteiger partial charge in [0, 0.05) is 30.1 Å². The summed E-state index contributed by atoms with van der Waals surface area (Å²) >= 11 is 0. The number of amides is 3. The van der Waals surface area contributed by atoms with Crippen LogP contribution in [-0.4, -0.2) is 81.5 Å². The van der Waals surface area contributed by atoms with Crippen LogP contribution in [0.15, 0.2) is 35.5 Å². The lowest BCUT2D eigenvalue weighted by molar-refractivity contribution is -0.142. The van der Waals surface area contributed by atoms with Gasteiger partial charge in [-0.25, -0.2) is 4.79 Å². The molecule has 15 nitrogen and oxygen atoms in total. The van der Waals surface area contributed by atoms with Crippen molar-refractivity contribution in [1.82, 2.24) is 20.9 Å². The fourth-order valence-electron chi connectivity index (χ4n) is 4.46. The third-order valence-corrected chi connectivity index (χ3v) is 6.63. The highest BCUT2D eigenvalue weighted by atomic mass is 16.4. The molecule has 12 N–H and O–H groups in total. The summed E-state index contributed by atoms with van der Waals surface area (Å²) in [7, 11) is 0. The van der Waals surface area contributed by atoms with Crippen molar-refractivity contribution in [2.24, 2.45) is 28.1 Å². The SMILES string of the molecule is CC(C)CC(NC(=O)C(CCCN=C(N)N)NC(=O)C(CCC(=O)O)NC(=O)C(N)Cc1c[nH]c2ccccc12)C(=O)O. The first-order chi connectivity index (χ1) is 20.3. The van der Waals surface area contributed by atoms with Crippen LogP contribution >= 0.6 is 0 Å². The summed E-state index contributed by atoms with van der Waals surface area (Å²) in [6.07, 6.45) is 1.59. The Kier molecular flexibility index (Phi) is 13.4. The van der Waals surface area contributed by atoms with Gasteiger partial charge in [0.2, 0.25) is 17.7 Å². The maximum Gasteiger partial charge on any atom is 0.326 e. The smallest absolute Gasteiger partial charge is 0.326 e. The van der Waals surface area contributed by atoms with Gasteiger partial charge < -0.3 is 48.3 Å². The normalized spacial score (nSPS) is 13.9. The van der Waals surface area contributed by atoms with Crippen LogP contribution in [0.1, 0.15) is 51.5 Å². The highest BCUT2D eigenvalue weighted by Crippen LogP contribution is 2.19. The summed E-state index contributed by atoms with van der Waals surface area (Å²) in [5.74, 6) is -4.90. The number of para-hydroxylation sites is 1. The number of nitrogens with zero attached hydrogens (tertiary/aromatic N) is 1.